The van der Waals surface area contributed by atoms with Crippen LogP contribution in [0.25, 0.3) is 0 Å². The maximum absolute atomic E-state index is 11.7. The molecule has 0 amide bonds. The third kappa shape index (κ3) is 2.68. The molecule has 2 rings (SSSR count). The van der Waals surface area contributed by atoms with Gasteiger partial charge in [0, 0.05) is 9.99 Å². The molecule has 0 atom stereocenters. The number of hydrogen-bond acceptors (Lipinski definition) is 2. The minimum atomic E-state index is 0.0879. The number of rotatable bonds is 3. The van der Waals surface area contributed by atoms with E-state index in [-0.39, 0.29) is 5.78 Å². The normalized spacial score (nSPS) is 10.2. The summed E-state index contributed by atoms with van der Waals surface area (Å²) in [5.41, 5.74) is 1.66. The van der Waals surface area contributed by atoms with Crippen molar-refractivity contribution in [3.8, 4) is 0 Å². The van der Waals surface area contributed by atoms with Gasteiger partial charge < -0.3 is 4.42 Å². The van der Waals surface area contributed by atoms with Gasteiger partial charge in [0.25, 0.3) is 0 Å². The minimum absolute atomic E-state index is 0.0879. The second-order valence-corrected chi connectivity index (χ2v) is 4.48. The summed E-state index contributed by atoms with van der Waals surface area (Å²) in [6.07, 6.45) is 3.42. The van der Waals surface area contributed by atoms with E-state index in [1.54, 1.807) is 6.07 Å². The smallest absolute Gasteiger partial charge is 0.170 e. The summed E-state index contributed by atoms with van der Waals surface area (Å²) in [4.78, 5) is 11.7. The van der Waals surface area contributed by atoms with E-state index in [2.05, 4.69) is 22.6 Å². The lowest BCUT2D eigenvalue weighted by molar-refractivity contribution is 0.0992. The van der Waals surface area contributed by atoms with E-state index in [1.165, 1.54) is 16.1 Å². The average Bonchev–Trinajstić information content (AvgIpc) is 2.74. The molecule has 15 heavy (non-hydrogen) atoms. The second kappa shape index (κ2) is 4.61. The van der Waals surface area contributed by atoms with Gasteiger partial charge >= 0.3 is 0 Å². The van der Waals surface area contributed by atoms with Crippen molar-refractivity contribution in [1.29, 1.82) is 0 Å². The summed E-state index contributed by atoms with van der Waals surface area (Å²) in [5.74, 6) is 0.0879. The molecule has 0 aliphatic carbocycles. The molecule has 0 radical (unpaired) electrons. The number of benzene rings is 1. The van der Waals surface area contributed by atoms with Crippen molar-refractivity contribution in [3.05, 3.63) is 57.6 Å². The highest BCUT2D eigenvalue weighted by atomic mass is 127. The number of halogens is 1. The SMILES string of the molecule is O=C(Cc1ccc(I)cc1)c1ccoc1. The Bertz CT molecular complexity index is 443. The zero-order valence-corrected chi connectivity index (χ0v) is 10.1. The minimum Gasteiger partial charge on any atom is -0.472 e. The van der Waals surface area contributed by atoms with Crippen LogP contribution in [0.2, 0.25) is 0 Å². The molecule has 1 heterocycles. The lowest BCUT2D eigenvalue weighted by Crippen LogP contribution is -2.01. The van der Waals surface area contributed by atoms with Crippen molar-refractivity contribution >= 4 is 28.4 Å². The van der Waals surface area contributed by atoms with Crippen molar-refractivity contribution in [3.63, 3.8) is 0 Å². The Morgan fingerprint density at radius 3 is 2.53 bits per heavy atom. The van der Waals surface area contributed by atoms with Crippen LogP contribution in [-0.2, 0) is 6.42 Å². The van der Waals surface area contributed by atoms with Crippen LogP contribution in [0.1, 0.15) is 15.9 Å². The molecule has 0 saturated heterocycles. The van der Waals surface area contributed by atoms with Gasteiger partial charge in [-0.05, 0) is 46.4 Å². The lowest BCUT2D eigenvalue weighted by atomic mass is 10.1. The van der Waals surface area contributed by atoms with Crippen LogP contribution in [0.4, 0.5) is 0 Å². The zero-order valence-electron chi connectivity index (χ0n) is 7.94. The molecule has 0 aliphatic rings. The maximum Gasteiger partial charge on any atom is 0.170 e. The largest absolute Gasteiger partial charge is 0.472 e. The van der Waals surface area contributed by atoms with Crippen LogP contribution in [0.3, 0.4) is 0 Å². The molecule has 0 bridgehead atoms. The molecule has 0 aliphatic heterocycles. The van der Waals surface area contributed by atoms with Gasteiger partial charge in [0.05, 0.1) is 11.8 Å². The van der Waals surface area contributed by atoms with E-state index in [0.29, 0.717) is 12.0 Å². The van der Waals surface area contributed by atoms with Crippen LogP contribution in [0.15, 0.2) is 47.3 Å². The van der Waals surface area contributed by atoms with Crippen molar-refractivity contribution in [2.75, 3.05) is 0 Å². The molecular formula is C12H9IO2. The second-order valence-electron chi connectivity index (χ2n) is 3.24. The first kappa shape index (κ1) is 10.4. The summed E-state index contributed by atoms with van der Waals surface area (Å²) in [6.45, 7) is 0. The van der Waals surface area contributed by atoms with Crippen LogP contribution >= 0.6 is 22.6 Å². The molecule has 0 spiro atoms. The predicted octanol–water partition coefficient (Wildman–Crippen LogP) is 3.31. The van der Waals surface area contributed by atoms with Gasteiger partial charge in [0.2, 0.25) is 0 Å². The predicted molar refractivity (Wildman–Crippen MR) is 65.9 cm³/mol. The van der Waals surface area contributed by atoms with E-state index >= 15 is 0 Å². The van der Waals surface area contributed by atoms with Crippen LogP contribution in [0.5, 0.6) is 0 Å². The summed E-state index contributed by atoms with van der Waals surface area (Å²) < 4.78 is 6.04. The standard InChI is InChI=1S/C12H9IO2/c13-11-3-1-9(2-4-11)7-12(14)10-5-6-15-8-10/h1-6,8H,7H2. The highest BCUT2D eigenvalue weighted by Crippen LogP contribution is 2.10. The Morgan fingerprint density at radius 2 is 1.93 bits per heavy atom. The number of Topliss-reactive ketones (excluding diaryl/α,β-unsaturated/α-hetero) is 1. The van der Waals surface area contributed by atoms with Crippen LogP contribution in [0, 0.1) is 3.57 Å². The van der Waals surface area contributed by atoms with Gasteiger partial charge in [-0.1, -0.05) is 12.1 Å². The first-order chi connectivity index (χ1) is 7.25. The zero-order chi connectivity index (χ0) is 10.7. The Labute approximate surface area is 101 Å². The van der Waals surface area contributed by atoms with Crippen LogP contribution < -0.4 is 0 Å². The Hall–Kier alpha value is -1.10. The molecule has 1 aromatic carbocycles. The molecule has 0 fully saturated rings. The van der Waals surface area contributed by atoms with Crippen LogP contribution in [-0.4, -0.2) is 5.78 Å². The highest BCUT2D eigenvalue weighted by molar-refractivity contribution is 14.1. The van der Waals surface area contributed by atoms with Gasteiger partial charge in [-0.15, -0.1) is 0 Å². The van der Waals surface area contributed by atoms with Crippen molar-refractivity contribution < 1.29 is 9.21 Å². The molecule has 0 saturated carbocycles. The average molecular weight is 312 g/mol. The first-order valence-electron chi connectivity index (χ1n) is 4.55. The van der Waals surface area contributed by atoms with E-state index in [1.807, 2.05) is 24.3 Å². The monoisotopic (exact) mass is 312 g/mol. The first-order valence-corrected chi connectivity index (χ1v) is 5.63. The van der Waals surface area contributed by atoms with E-state index in [9.17, 15) is 4.79 Å². The molecular weight excluding hydrogens is 303 g/mol. The molecule has 0 N–H and O–H groups in total. The number of carbonyl (C=O) groups excluding carboxylic acids is 1. The van der Waals surface area contributed by atoms with Gasteiger partial charge in [-0.3, -0.25) is 4.79 Å². The van der Waals surface area contributed by atoms with Gasteiger partial charge in [0.15, 0.2) is 5.78 Å². The fourth-order valence-corrected chi connectivity index (χ4v) is 1.67. The summed E-state index contributed by atoms with van der Waals surface area (Å²) in [5, 5.41) is 0. The number of ketones is 1. The third-order valence-corrected chi connectivity index (χ3v) is 2.84. The fourth-order valence-electron chi connectivity index (χ4n) is 1.31. The lowest BCUT2D eigenvalue weighted by Gasteiger charge is -1.98. The summed E-state index contributed by atoms with van der Waals surface area (Å²) in [7, 11) is 0. The Morgan fingerprint density at radius 1 is 1.20 bits per heavy atom. The molecule has 2 aromatic rings. The van der Waals surface area contributed by atoms with Crippen molar-refractivity contribution in [2.24, 2.45) is 0 Å². The molecule has 3 heteroatoms. The van der Waals surface area contributed by atoms with Crippen molar-refractivity contribution in [1.82, 2.24) is 0 Å². The third-order valence-electron chi connectivity index (χ3n) is 2.12. The van der Waals surface area contributed by atoms with E-state index in [4.69, 9.17) is 4.42 Å². The summed E-state index contributed by atoms with van der Waals surface area (Å²) in [6, 6.07) is 9.63. The molecule has 2 nitrogen and oxygen atoms in total. The summed E-state index contributed by atoms with van der Waals surface area (Å²) >= 11 is 2.24. The quantitative estimate of drug-likeness (QED) is 0.643. The van der Waals surface area contributed by atoms with Gasteiger partial charge in [-0.25, -0.2) is 0 Å². The Kier molecular flexibility index (Phi) is 3.20. The number of carbonyl (C=O) groups is 1. The highest BCUT2D eigenvalue weighted by Gasteiger charge is 2.07. The molecule has 0 unspecified atom stereocenters. The fraction of sp³-hybridized carbons (Fsp3) is 0.0833. The van der Waals surface area contributed by atoms with E-state index < -0.39 is 0 Å². The topological polar surface area (TPSA) is 30.2 Å². The maximum atomic E-state index is 11.7. The number of hydrogen-bond donors (Lipinski definition) is 0. The number of furan rings is 1. The molecule has 76 valence electrons. The van der Waals surface area contributed by atoms with Gasteiger partial charge in [0.1, 0.15) is 6.26 Å². The van der Waals surface area contributed by atoms with Gasteiger partial charge in [-0.2, -0.15) is 0 Å². The Balaban J connectivity index is 2.09. The molecule has 1 aromatic heterocycles. The van der Waals surface area contributed by atoms with E-state index in [0.717, 1.165) is 5.56 Å². The van der Waals surface area contributed by atoms with Crippen molar-refractivity contribution in [2.45, 2.75) is 6.42 Å².